The van der Waals surface area contributed by atoms with Gasteiger partial charge in [-0.3, -0.25) is 0 Å². The van der Waals surface area contributed by atoms with Gasteiger partial charge < -0.3 is 19.7 Å². The largest absolute Gasteiger partial charge is 0.379 e. The molecule has 1 aliphatic heterocycles. The summed E-state index contributed by atoms with van der Waals surface area (Å²) >= 11 is 0. The minimum atomic E-state index is -1.03. The van der Waals surface area contributed by atoms with Crippen LogP contribution < -0.4 is 5.32 Å². The van der Waals surface area contributed by atoms with E-state index in [0.29, 0.717) is 31.3 Å². The Kier molecular flexibility index (Phi) is 4.31. The van der Waals surface area contributed by atoms with Crippen LogP contribution in [0.5, 0.6) is 0 Å². The number of nitrogens with one attached hydrogen (secondary N) is 1. The van der Waals surface area contributed by atoms with Gasteiger partial charge in [0.15, 0.2) is 5.60 Å². The molecular formula is C12H21N3O3. The molecule has 0 amide bonds. The number of aromatic nitrogens is 2. The highest BCUT2D eigenvalue weighted by Crippen LogP contribution is 2.28. The molecule has 0 aliphatic carbocycles. The lowest BCUT2D eigenvalue weighted by atomic mass is 9.94. The molecule has 0 saturated carbocycles. The predicted molar refractivity (Wildman–Crippen MR) is 65.0 cm³/mol. The van der Waals surface area contributed by atoms with Crippen LogP contribution >= 0.6 is 0 Å². The number of ether oxygens (including phenoxy) is 1. The van der Waals surface area contributed by atoms with E-state index in [-0.39, 0.29) is 6.10 Å². The van der Waals surface area contributed by atoms with Gasteiger partial charge >= 0.3 is 0 Å². The highest BCUT2D eigenvalue weighted by Gasteiger charge is 2.37. The second kappa shape index (κ2) is 5.77. The molecular weight excluding hydrogens is 234 g/mol. The third kappa shape index (κ3) is 2.71. The highest BCUT2D eigenvalue weighted by molar-refractivity contribution is 5.03. The third-order valence-electron chi connectivity index (χ3n) is 3.23. The quantitative estimate of drug-likeness (QED) is 0.821. The summed E-state index contributed by atoms with van der Waals surface area (Å²) in [6.45, 7) is 5.92. The molecule has 1 aliphatic rings. The molecule has 102 valence electrons. The first-order valence-electron chi connectivity index (χ1n) is 6.58. The van der Waals surface area contributed by atoms with Crippen LogP contribution in [0.3, 0.4) is 0 Å². The summed E-state index contributed by atoms with van der Waals surface area (Å²) in [5, 5.41) is 17.5. The first-order valence-corrected chi connectivity index (χ1v) is 6.58. The Bertz CT molecular complexity index is 374. The van der Waals surface area contributed by atoms with Gasteiger partial charge in [0.25, 0.3) is 5.89 Å². The Hall–Kier alpha value is -0.980. The standard InChI is InChI=1S/C12H21N3O3/c1-3-9(17-4-2)10-14-11(18-15-10)12(16)6-5-7-13-8-12/h9,13,16H,3-8H2,1-2H3. The van der Waals surface area contributed by atoms with E-state index in [4.69, 9.17) is 9.26 Å². The van der Waals surface area contributed by atoms with Crippen LogP contribution in [0.2, 0.25) is 0 Å². The van der Waals surface area contributed by atoms with Crippen molar-refractivity contribution < 1.29 is 14.4 Å². The molecule has 0 bridgehead atoms. The minimum Gasteiger partial charge on any atom is -0.379 e. The van der Waals surface area contributed by atoms with Gasteiger partial charge in [-0.25, -0.2) is 0 Å². The number of aliphatic hydroxyl groups is 1. The molecule has 0 spiro atoms. The van der Waals surface area contributed by atoms with E-state index in [0.717, 1.165) is 19.4 Å². The molecule has 2 heterocycles. The molecule has 1 aromatic heterocycles. The van der Waals surface area contributed by atoms with Crippen molar-refractivity contribution >= 4 is 0 Å². The van der Waals surface area contributed by atoms with Crippen molar-refractivity contribution in [3.05, 3.63) is 11.7 Å². The van der Waals surface area contributed by atoms with Gasteiger partial charge in [-0.2, -0.15) is 4.98 Å². The van der Waals surface area contributed by atoms with Gasteiger partial charge in [0.1, 0.15) is 6.10 Å². The van der Waals surface area contributed by atoms with E-state index in [1.54, 1.807) is 0 Å². The second-order valence-corrected chi connectivity index (χ2v) is 4.62. The molecule has 0 radical (unpaired) electrons. The summed E-state index contributed by atoms with van der Waals surface area (Å²) < 4.78 is 10.7. The SMILES string of the molecule is CCOC(CC)c1noc(C2(O)CCCNC2)n1. The van der Waals surface area contributed by atoms with Crippen LogP contribution in [-0.2, 0) is 10.3 Å². The zero-order chi connectivity index (χ0) is 13.0. The fourth-order valence-electron chi connectivity index (χ4n) is 2.20. The van der Waals surface area contributed by atoms with Crippen molar-refractivity contribution in [1.82, 2.24) is 15.5 Å². The predicted octanol–water partition coefficient (Wildman–Crippen LogP) is 1.13. The topological polar surface area (TPSA) is 80.4 Å². The molecule has 6 heteroatoms. The summed E-state index contributed by atoms with van der Waals surface area (Å²) in [7, 11) is 0. The molecule has 2 rings (SSSR count). The van der Waals surface area contributed by atoms with Crippen LogP contribution in [0.15, 0.2) is 4.52 Å². The van der Waals surface area contributed by atoms with E-state index in [1.165, 1.54) is 0 Å². The molecule has 18 heavy (non-hydrogen) atoms. The highest BCUT2D eigenvalue weighted by atomic mass is 16.5. The summed E-state index contributed by atoms with van der Waals surface area (Å²) in [6.07, 6.45) is 2.17. The molecule has 1 fully saturated rings. The second-order valence-electron chi connectivity index (χ2n) is 4.62. The number of nitrogens with zero attached hydrogens (tertiary/aromatic N) is 2. The molecule has 1 saturated heterocycles. The van der Waals surface area contributed by atoms with Crippen molar-refractivity contribution in [2.75, 3.05) is 19.7 Å². The van der Waals surface area contributed by atoms with Gasteiger partial charge in [0.05, 0.1) is 0 Å². The van der Waals surface area contributed by atoms with E-state index in [1.807, 2.05) is 13.8 Å². The Labute approximate surface area is 107 Å². The number of β-amino-alcohol motifs (C(OH)–C–C–N with tert-alkyl or cyclic N) is 1. The van der Waals surface area contributed by atoms with Crippen molar-refractivity contribution in [1.29, 1.82) is 0 Å². The van der Waals surface area contributed by atoms with Gasteiger partial charge in [-0.1, -0.05) is 12.1 Å². The number of hydrogen-bond donors (Lipinski definition) is 2. The van der Waals surface area contributed by atoms with Crippen LogP contribution in [-0.4, -0.2) is 34.9 Å². The summed E-state index contributed by atoms with van der Waals surface area (Å²) in [5.41, 5.74) is -1.03. The molecule has 2 N–H and O–H groups in total. The van der Waals surface area contributed by atoms with Crippen molar-refractivity contribution in [3.63, 3.8) is 0 Å². The van der Waals surface area contributed by atoms with Gasteiger partial charge in [0, 0.05) is 13.2 Å². The fraction of sp³-hybridized carbons (Fsp3) is 0.833. The lowest BCUT2D eigenvalue weighted by molar-refractivity contribution is -0.0167. The van der Waals surface area contributed by atoms with Crippen LogP contribution in [0.4, 0.5) is 0 Å². The number of piperidine rings is 1. The smallest absolute Gasteiger partial charge is 0.260 e. The zero-order valence-electron chi connectivity index (χ0n) is 11.0. The third-order valence-corrected chi connectivity index (χ3v) is 3.23. The van der Waals surface area contributed by atoms with Crippen molar-refractivity contribution in [3.8, 4) is 0 Å². The molecule has 2 atom stereocenters. The number of rotatable bonds is 5. The maximum absolute atomic E-state index is 10.4. The fourth-order valence-corrected chi connectivity index (χ4v) is 2.20. The van der Waals surface area contributed by atoms with E-state index in [2.05, 4.69) is 15.5 Å². The average Bonchev–Trinajstić information content (AvgIpc) is 2.87. The first-order chi connectivity index (χ1) is 8.69. The molecule has 0 aromatic carbocycles. The van der Waals surface area contributed by atoms with Crippen molar-refractivity contribution in [2.24, 2.45) is 0 Å². The van der Waals surface area contributed by atoms with Crippen LogP contribution in [0, 0.1) is 0 Å². The van der Waals surface area contributed by atoms with Crippen LogP contribution in [0.1, 0.15) is 50.9 Å². The average molecular weight is 255 g/mol. The van der Waals surface area contributed by atoms with E-state index in [9.17, 15) is 5.11 Å². The molecule has 1 aromatic rings. The van der Waals surface area contributed by atoms with Gasteiger partial charge in [-0.05, 0) is 32.7 Å². The minimum absolute atomic E-state index is 0.160. The van der Waals surface area contributed by atoms with Crippen LogP contribution in [0.25, 0.3) is 0 Å². The normalized spacial score (nSPS) is 26.2. The molecule has 2 unspecified atom stereocenters. The van der Waals surface area contributed by atoms with Crippen molar-refractivity contribution in [2.45, 2.75) is 44.8 Å². The summed E-state index contributed by atoms with van der Waals surface area (Å²) in [5.74, 6) is 0.816. The summed E-state index contributed by atoms with van der Waals surface area (Å²) in [4.78, 5) is 4.30. The number of hydrogen-bond acceptors (Lipinski definition) is 6. The Morgan fingerprint density at radius 3 is 3.00 bits per heavy atom. The Morgan fingerprint density at radius 1 is 1.56 bits per heavy atom. The molecule has 6 nitrogen and oxygen atoms in total. The first kappa shape index (κ1) is 13.5. The lowest BCUT2D eigenvalue weighted by Gasteiger charge is -2.28. The maximum Gasteiger partial charge on any atom is 0.260 e. The summed E-state index contributed by atoms with van der Waals surface area (Å²) in [6, 6.07) is 0. The van der Waals surface area contributed by atoms with E-state index < -0.39 is 5.60 Å². The Balaban J connectivity index is 2.13. The maximum atomic E-state index is 10.4. The lowest BCUT2D eigenvalue weighted by Crippen LogP contribution is -2.43. The van der Waals surface area contributed by atoms with Gasteiger partial charge in [-0.15, -0.1) is 0 Å². The zero-order valence-corrected chi connectivity index (χ0v) is 11.0. The monoisotopic (exact) mass is 255 g/mol. The van der Waals surface area contributed by atoms with E-state index >= 15 is 0 Å². The van der Waals surface area contributed by atoms with Gasteiger partial charge in [0.2, 0.25) is 5.82 Å². The Morgan fingerprint density at radius 2 is 2.39 bits per heavy atom.